The lowest BCUT2D eigenvalue weighted by atomic mass is 9.68. The average Bonchev–Trinajstić information content (AvgIpc) is 3.91. The summed E-state index contributed by atoms with van der Waals surface area (Å²) in [6, 6.07) is 98.1. The number of aromatic nitrogens is 1. The molecule has 0 saturated heterocycles. The van der Waals surface area contributed by atoms with Crippen LogP contribution in [0.25, 0.3) is 71.6 Å². The van der Waals surface area contributed by atoms with Gasteiger partial charge in [-0.25, -0.2) is 0 Å². The van der Waals surface area contributed by atoms with Crippen LogP contribution in [0.15, 0.2) is 267 Å². The molecular formula is C65H44N2. The van der Waals surface area contributed by atoms with Crippen LogP contribution in [-0.4, -0.2) is 4.57 Å². The van der Waals surface area contributed by atoms with Crippen molar-refractivity contribution in [2.45, 2.75) is 5.41 Å². The summed E-state index contributed by atoms with van der Waals surface area (Å²) >= 11 is 0. The maximum atomic E-state index is 2.49. The third kappa shape index (κ3) is 6.04. The minimum Gasteiger partial charge on any atom is -0.310 e. The summed E-state index contributed by atoms with van der Waals surface area (Å²) in [4.78, 5) is 2.49. The monoisotopic (exact) mass is 852 g/mol. The van der Waals surface area contributed by atoms with E-state index < -0.39 is 5.41 Å². The van der Waals surface area contributed by atoms with Crippen molar-refractivity contribution >= 4 is 49.6 Å². The molecule has 0 unspecified atom stereocenters. The Morgan fingerprint density at radius 2 is 0.851 bits per heavy atom. The van der Waals surface area contributed by atoms with Crippen LogP contribution in [0, 0.1) is 0 Å². The van der Waals surface area contributed by atoms with Gasteiger partial charge in [0, 0.05) is 33.4 Å². The lowest BCUT2D eigenvalue weighted by molar-refractivity contribution is 0.768. The van der Waals surface area contributed by atoms with E-state index in [1.807, 2.05) is 0 Å². The van der Waals surface area contributed by atoms with E-state index in [1.165, 1.54) is 88.2 Å². The lowest BCUT2D eigenvalue weighted by Crippen LogP contribution is -2.28. The fraction of sp³-hybridized carbons (Fsp3) is 0.0154. The maximum Gasteiger partial charge on any atom is 0.0714 e. The molecule has 11 aromatic carbocycles. The van der Waals surface area contributed by atoms with Crippen LogP contribution in [0.4, 0.5) is 17.1 Å². The molecule has 0 radical (unpaired) electrons. The second kappa shape index (κ2) is 15.8. The summed E-state index contributed by atoms with van der Waals surface area (Å²) in [5.74, 6) is 0. The number of para-hydroxylation sites is 2. The van der Waals surface area contributed by atoms with Crippen molar-refractivity contribution in [3.63, 3.8) is 0 Å². The van der Waals surface area contributed by atoms with Gasteiger partial charge in [-0.15, -0.1) is 0 Å². The number of hydrogen-bond donors (Lipinski definition) is 0. The van der Waals surface area contributed by atoms with Crippen LogP contribution in [0.2, 0.25) is 0 Å². The lowest BCUT2D eigenvalue weighted by Gasteiger charge is -2.34. The molecule has 0 atom stereocenters. The second-order valence-corrected chi connectivity index (χ2v) is 17.6. The number of anilines is 3. The molecule has 1 aliphatic carbocycles. The van der Waals surface area contributed by atoms with Gasteiger partial charge in [0.05, 0.1) is 22.1 Å². The van der Waals surface area contributed by atoms with Gasteiger partial charge < -0.3 is 9.47 Å². The predicted octanol–water partition coefficient (Wildman–Crippen LogP) is 17.1. The summed E-state index contributed by atoms with van der Waals surface area (Å²) in [6.07, 6.45) is 0. The minimum absolute atomic E-state index is 0.532. The van der Waals surface area contributed by atoms with Crippen LogP contribution in [0.3, 0.4) is 0 Å². The largest absolute Gasteiger partial charge is 0.310 e. The number of fused-ring (bicyclic) bond motifs is 7. The first-order chi connectivity index (χ1) is 33.3. The topological polar surface area (TPSA) is 8.17 Å². The Balaban J connectivity index is 1.06. The molecule has 314 valence electrons. The Bertz CT molecular complexity index is 3690. The summed E-state index contributed by atoms with van der Waals surface area (Å²) in [5, 5.41) is 4.98. The minimum atomic E-state index is -0.532. The van der Waals surface area contributed by atoms with Gasteiger partial charge in [-0.05, 0) is 109 Å². The molecule has 1 aliphatic rings. The van der Waals surface area contributed by atoms with E-state index in [4.69, 9.17) is 0 Å². The van der Waals surface area contributed by atoms with Crippen LogP contribution < -0.4 is 4.90 Å². The molecule has 0 bridgehead atoms. The van der Waals surface area contributed by atoms with E-state index >= 15 is 0 Å². The van der Waals surface area contributed by atoms with Gasteiger partial charge in [-0.2, -0.15) is 0 Å². The summed E-state index contributed by atoms with van der Waals surface area (Å²) in [5.41, 5.74) is 18.6. The van der Waals surface area contributed by atoms with Gasteiger partial charge in [0.2, 0.25) is 0 Å². The quantitative estimate of drug-likeness (QED) is 0.148. The first-order valence-electron chi connectivity index (χ1n) is 23.2. The van der Waals surface area contributed by atoms with Gasteiger partial charge >= 0.3 is 0 Å². The highest BCUT2D eigenvalue weighted by molar-refractivity contribution is 6.10. The molecule has 13 rings (SSSR count). The van der Waals surface area contributed by atoms with Gasteiger partial charge in [0.15, 0.2) is 0 Å². The summed E-state index contributed by atoms with van der Waals surface area (Å²) < 4.78 is 2.42. The zero-order chi connectivity index (χ0) is 44.3. The highest BCUT2D eigenvalue weighted by Crippen LogP contribution is 2.59. The molecule has 67 heavy (non-hydrogen) atoms. The summed E-state index contributed by atoms with van der Waals surface area (Å²) in [7, 11) is 0. The normalized spacial score (nSPS) is 12.6. The Kier molecular flexibility index (Phi) is 9.11. The molecule has 1 heterocycles. The van der Waals surface area contributed by atoms with Crippen LogP contribution in [-0.2, 0) is 5.41 Å². The Morgan fingerprint density at radius 3 is 1.51 bits per heavy atom. The van der Waals surface area contributed by atoms with Crippen molar-refractivity contribution in [3.05, 3.63) is 289 Å². The Hall–Kier alpha value is -8.72. The van der Waals surface area contributed by atoms with E-state index in [2.05, 4.69) is 276 Å². The fourth-order valence-corrected chi connectivity index (χ4v) is 11.3. The molecule has 0 saturated carbocycles. The standard InChI is InChI=1S/C65H44N2/c1-4-20-45(21-5-1)53-33-16-22-47-23-17-34-54(63(47)53)46-40-42-50(43-41-46)66(51-28-18-29-52(44-51)67-60-37-14-11-30-55(60)56-31-12-15-38-61(56)67)62-39-19-36-59-64(62)57-32-10-13-35-58(57)65(59,48-24-6-2-7-25-48)49-26-8-3-9-27-49/h1-44H. The zero-order valence-corrected chi connectivity index (χ0v) is 36.8. The van der Waals surface area contributed by atoms with Crippen molar-refractivity contribution in [1.29, 1.82) is 0 Å². The smallest absolute Gasteiger partial charge is 0.0714 e. The number of nitrogens with zero attached hydrogens (tertiary/aromatic N) is 2. The van der Waals surface area contributed by atoms with E-state index in [0.717, 1.165) is 22.7 Å². The van der Waals surface area contributed by atoms with Crippen LogP contribution in [0.5, 0.6) is 0 Å². The third-order valence-electron chi connectivity index (χ3n) is 14.1. The van der Waals surface area contributed by atoms with E-state index in [-0.39, 0.29) is 0 Å². The highest BCUT2D eigenvalue weighted by Gasteiger charge is 2.47. The third-order valence-corrected chi connectivity index (χ3v) is 14.1. The average molecular weight is 853 g/mol. The maximum absolute atomic E-state index is 2.49. The van der Waals surface area contributed by atoms with Gasteiger partial charge in [0.1, 0.15) is 0 Å². The highest BCUT2D eigenvalue weighted by atomic mass is 15.1. The van der Waals surface area contributed by atoms with E-state index in [9.17, 15) is 0 Å². The Morgan fingerprint density at radius 1 is 0.343 bits per heavy atom. The van der Waals surface area contributed by atoms with Gasteiger partial charge in [0.25, 0.3) is 0 Å². The van der Waals surface area contributed by atoms with Crippen molar-refractivity contribution in [2.24, 2.45) is 0 Å². The zero-order valence-electron chi connectivity index (χ0n) is 36.8. The molecule has 1 aromatic heterocycles. The molecular weight excluding hydrogens is 809 g/mol. The molecule has 2 heteroatoms. The summed E-state index contributed by atoms with van der Waals surface area (Å²) in [6.45, 7) is 0. The SMILES string of the molecule is c1ccc(-c2cccc3cccc(-c4ccc(N(c5cccc(-n6c7ccccc7c7ccccc76)c5)c5cccc6c5-c5ccccc5C6(c5ccccc5)c5ccccc5)cc4)c23)cc1. The van der Waals surface area contributed by atoms with Crippen LogP contribution in [0.1, 0.15) is 22.3 Å². The predicted molar refractivity (Wildman–Crippen MR) is 281 cm³/mol. The van der Waals surface area contributed by atoms with Crippen molar-refractivity contribution in [3.8, 4) is 39.1 Å². The number of rotatable bonds is 8. The van der Waals surface area contributed by atoms with Crippen molar-refractivity contribution < 1.29 is 0 Å². The molecule has 0 aliphatic heterocycles. The van der Waals surface area contributed by atoms with Gasteiger partial charge in [-0.3, -0.25) is 0 Å². The molecule has 0 spiro atoms. The van der Waals surface area contributed by atoms with Crippen molar-refractivity contribution in [1.82, 2.24) is 4.57 Å². The molecule has 12 aromatic rings. The first-order valence-corrected chi connectivity index (χ1v) is 23.2. The molecule has 0 N–H and O–H groups in total. The first kappa shape index (κ1) is 38.7. The fourth-order valence-electron chi connectivity index (χ4n) is 11.3. The number of hydrogen-bond acceptors (Lipinski definition) is 1. The second-order valence-electron chi connectivity index (χ2n) is 17.6. The number of benzene rings is 11. The van der Waals surface area contributed by atoms with E-state index in [0.29, 0.717) is 0 Å². The molecule has 0 amide bonds. The van der Waals surface area contributed by atoms with Crippen molar-refractivity contribution in [2.75, 3.05) is 4.90 Å². The van der Waals surface area contributed by atoms with Gasteiger partial charge in [-0.1, -0.05) is 218 Å². The Labute approximate surface area is 390 Å². The van der Waals surface area contributed by atoms with E-state index in [1.54, 1.807) is 0 Å². The molecule has 2 nitrogen and oxygen atoms in total. The molecule has 0 fully saturated rings. The van der Waals surface area contributed by atoms with Crippen LogP contribution >= 0.6 is 0 Å².